The summed E-state index contributed by atoms with van der Waals surface area (Å²) in [6.07, 6.45) is 1.03. The predicted octanol–water partition coefficient (Wildman–Crippen LogP) is 2.72. The van der Waals surface area contributed by atoms with Gasteiger partial charge < -0.3 is 14.4 Å². The third-order valence-corrected chi connectivity index (χ3v) is 3.71. The van der Waals surface area contributed by atoms with E-state index in [0.717, 1.165) is 6.42 Å². The van der Waals surface area contributed by atoms with E-state index in [1.54, 1.807) is 32.4 Å². The zero-order valence-electron chi connectivity index (χ0n) is 12.2. The molecule has 4 heteroatoms. The summed E-state index contributed by atoms with van der Waals surface area (Å²) in [5.74, 6) is 1.29. The number of nitrogens with zero attached hydrogens (tertiary/aromatic N) is 1. The molecule has 19 heavy (non-hydrogen) atoms. The molecule has 1 heterocycles. The molecule has 1 amide bonds. The van der Waals surface area contributed by atoms with E-state index in [1.165, 1.54) is 0 Å². The molecule has 1 aromatic rings. The third-order valence-electron chi connectivity index (χ3n) is 3.71. The standard InChI is InChI=1S/C15H21NO3/c1-10-9-15(2,3)16(10)14(17)11-6-12(18-4)8-13(7-11)19-5/h6-8,10H,9H2,1-5H3. The number of likely N-dealkylation sites (tertiary alicyclic amines) is 1. The highest BCUT2D eigenvalue weighted by Crippen LogP contribution is 2.37. The zero-order chi connectivity index (χ0) is 14.2. The first kappa shape index (κ1) is 13.7. The molecule has 2 rings (SSSR count). The number of ether oxygens (including phenoxy) is 2. The van der Waals surface area contributed by atoms with Crippen molar-refractivity contribution in [3.63, 3.8) is 0 Å². The van der Waals surface area contributed by atoms with Gasteiger partial charge in [0.1, 0.15) is 11.5 Å². The number of carbonyl (C=O) groups excluding carboxylic acids is 1. The lowest BCUT2D eigenvalue weighted by Gasteiger charge is -2.54. The molecule has 0 aliphatic carbocycles. The van der Waals surface area contributed by atoms with Crippen molar-refractivity contribution in [2.24, 2.45) is 0 Å². The first-order chi connectivity index (χ1) is 8.89. The lowest BCUT2D eigenvalue weighted by molar-refractivity contribution is -0.0200. The molecule has 1 aliphatic rings. The van der Waals surface area contributed by atoms with Crippen LogP contribution < -0.4 is 9.47 Å². The maximum absolute atomic E-state index is 12.6. The smallest absolute Gasteiger partial charge is 0.254 e. The first-order valence-corrected chi connectivity index (χ1v) is 6.46. The third kappa shape index (κ3) is 2.39. The lowest BCUT2D eigenvalue weighted by atomic mass is 9.81. The first-order valence-electron chi connectivity index (χ1n) is 6.46. The Morgan fingerprint density at radius 3 is 2.11 bits per heavy atom. The average molecular weight is 263 g/mol. The van der Waals surface area contributed by atoms with Gasteiger partial charge in [0.25, 0.3) is 5.91 Å². The molecule has 4 nitrogen and oxygen atoms in total. The average Bonchev–Trinajstić information content (AvgIpc) is 2.36. The van der Waals surface area contributed by atoms with Gasteiger partial charge in [-0.3, -0.25) is 4.79 Å². The van der Waals surface area contributed by atoms with E-state index in [1.807, 2.05) is 4.90 Å². The SMILES string of the molecule is COc1cc(OC)cc(C(=O)N2C(C)CC2(C)C)c1. The molecule has 1 aliphatic heterocycles. The van der Waals surface area contributed by atoms with E-state index in [-0.39, 0.29) is 17.5 Å². The molecule has 1 fully saturated rings. The van der Waals surface area contributed by atoms with Crippen LogP contribution in [0, 0.1) is 0 Å². The van der Waals surface area contributed by atoms with Crippen molar-refractivity contribution >= 4 is 5.91 Å². The summed E-state index contributed by atoms with van der Waals surface area (Å²) in [4.78, 5) is 14.5. The van der Waals surface area contributed by atoms with Crippen LogP contribution in [0.3, 0.4) is 0 Å². The Hall–Kier alpha value is -1.71. The summed E-state index contributed by atoms with van der Waals surface area (Å²) in [6, 6.07) is 5.55. The summed E-state index contributed by atoms with van der Waals surface area (Å²) in [5, 5.41) is 0. The van der Waals surface area contributed by atoms with E-state index < -0.39 is 0 Å². The molecule has 0 saturated carbocycles. The minimum absolute atomic E-state index is 0.0287. The van der Waals surface area contributed by atoms with Crippen LogP contribution in [0.2, 0.25) is 0 Å². The van der Waals surface area contributed by atoms with Crippen molar-refractivity contribution in [1.82, 2.24) is 4.90 Å². The van der Waals surface area contributed by atoms with Crippen LogP contribution in [0.15, 0.2) is 18.2 Å². The molecule has 1 unspecified atom stereocenters. The quantitative estimate of drug-likeness (QED) is 0.841. The fraction of sp³-hybridized carbons (Fsp3) is 0.533. The number of methoxy groups -OCH3 is 2. The second-order valence-electron chi connectivity index (χ2n) is 5.64. The number of hydrogen-bond acceptors (Lipinski definition) is 3. The summed E-state index contributed by atoms with van der Waals surface area (Å²) < 4.78 is 10.4. The summed E-state index contributed by atoms with van der Waals surface area (Å²) in [7, 11) is 3.17. The second kappa shape index (κ2) is 4.76. The van der Waals surface area contributed by atoms with Gasteiger partial charge in [-0.2, -0.15) is 0 Å². The van der Waals surface area contributed by atoms with E-state index in [0.29, 0.717) is 17.1 Å². The fourth-order valence-electron chi connectivity index (χ4n) is 2.94. The molecular formula is C15H21NO3. The van der Waals surface area contributed by atoms with Gasteiger partial charge in [-0.25, -0.2) is 0 Å². The minimum atomic E-state index is -0.0766. The van der Waals surface area contributed by atoms with Crippen molar-refractivity contribution in [3.8, 4) is 11.5 Å². The predicted molar refractivity (Wildman–Crippen MR) is 73.9 cm³/mol. The molecule has 0 aromatic heterocycles. The van der Waals surface area contributed by atoms with Gasteiger partial charge in [0.2, 0.25) is 0 Å². The maximum Gasteiger partial charge on any atom is 0.254 e. The zero-order valence-corrected chi connectivity index (χ0v) is 12.2. The van der Waals surface area contributed by atoms with Crippen molar-refractivity contribution in [2.45, 2.75) is 38.8 Å². The molecular weight excluding hydrogens is 242 g/mol. The number of amides is 1. The molecule has 1 saturated heterocycles. The fourth-order valence-corrected chi connectivity index (χ4v) is 2.94. The molecule has 0 radical (unpaired) electrons. The van der Waals surface area contributed by atoms with Crippen LogP contribution in [0.1, 0.15) is 37.6 Å². The highest BCUT2D eigenvalue weighted by Gasteiger charge is 2.45. The van der Waals surface area contributed by atoms with Gasteiger partial charge >= 0.3 is 0 Å². The summed E-state index contributed by atoms with van der Waals surface area (Å²) in [5.41, 5.74) is 0.531. The minimum Gasteiger partial charge on any atom is -0.497 e. The van der Waals surface area contributed by atoms with E-state index in [4.69, 9.17) is 9.47 Å². The van der Waals surface area contributed by atoms with Crippen LogP contribution in [0.4, 0.5) is 0 Å². The van der Waals surface area contributed by atoms with Crippen LogP contribution in [0.5, 0.6) is 11.5 Å². The van der Waals surface area contributed by atoms with E-state index in [9.17, 15) is 4.79 Å². The van der Waals surface area contributed by atoms with Gasteiger partial charge in [0.15, 0.2) is 0 Å². The Bertz CT molecular complexity index is 474. The van der Waals surface area contributed by atoms with Gasteiger partial charge in [-0.05, 0) is 39.3 Å². The Morgan fingerprint density at radius 1 is 1.21 bits per heavy atom. The van der Waals surface area contributed by atoms with Crippen LogP contribution in [0.25, 0.3) is 0 Å². The highest BCUT2D eigenvalue weighted by atomic mass is 16.5. The monoisotopic (exact) mass is 263 g/mol. The molecule has 0 spiro atoms. The topological polar surface area (TPSA) is 38.8 Å². The Balaban J connectivity index is 2.33. The molecule has 104 valence electrons. The molecule has 0 bridgehead atoms. The highest BCUT2D eigenvalue weighted by molar-refractivity contribution is 5.96. The van der Waals surface area contributed by atoms with Gasteiger partial charge in [0, 0.05) is 23.2 Å². The largest absolute Gasteiger partial charge is 0.497 e. The maximum atomic E-state index is 12.6. The van der Waals surface area contributed by atoms with Crippen LogP contribution >= 0.6 is 0 Å². The van der Waals surface area contributed by atoms with Crippen molar-refractivity contribution < 1.29 is 14.3 Å². The molecule has 1 atom stereocenters. The van der Waals surface area contributed by atoms with Crippen molar-refractivity contribution in [3.05, 3.63) is 23.8 Å². The second-order valence-corrected chi connectivity index (χ2v) is 5.64. The molecule has 0 N–H and O–H groups in total. The summed E-state index contributed by atoms with van der Waals surface area (Å²) in [6.45, 7) is 6.24. The van der Waals surface area contributed by atoms with E-state index in [2.05, 4.69) is 20.8 Å². The number of hydrogen-bond donors (Lipinski definition) is 0. The van der Waals surface area contributed by atoms with Gasteiger partial charge in [-0.1, -0.05) is 0 Å². The Morgan fingerprint density at radius 2 is 1.74 bits per heavy atom. The van der Waals surface area contributed by atoms with Gasteiger partial charge in [0.05, 0.1) is 14.2 Å². The van der Waals surface area contributed by atoms with Crippen LogP contribution in [-0.4, -0.2) is 36.6 Å². The van der Waals surface area contributed by atoms with Crippen LogP contribution in [-0.2, 0) is 0 Å². The summed E-state index contributed by atoms with van der Waals surface area (Å²) >= 11 is 0. The van der Waals surface area contributed by atoms with Gasteiger partial charge in [-0.15, -0.1) is 0 Å². The lowest BCUT2D eigenvalue weighted by Crippen LogP contribution is -2.63. The molecule has 1 aromatic carbocycles. The normalized spacial score (nSPS) is 20.7. The Labute approximate surface area is 114 Å². The van der Waals surface area contributed by atoms with Crippen molar-refractivity contribution in [1.29, 1.82) is 0 Å². The van der Waals surface area contributed by atoms with Crippen molar-refractivity contribution in [2.75, 3.05) is 14.2 Å². The number of benzene rings is 1. The number of rotatable bonds is 3. The Kier molecular flexibility index (Phi) is 3.43. The number of carbonyl (C=O) groups is 1. The van der Waals surface area contributed by atoms with E-state index >= 15 is 0 Å².